The second-order valence-corrected chi connectivity index (χ2v) is 6.14. The molecule has 0 aromatic rings. The number of rotatable bonds is 0. The Morgan fingerprint density at radius 3 is 2.94 bits per heavy atom. The lowest BCUT2D eigenvalue weighted by Crippen LogP contribution is -2.27. The second-order valence-electron chi connectivity index (χ2n) is 6.14. The zero-order valence-corrected chi connectivity index (χ0v) is 11.2. The van der Waals surface area contributed by atoms with Crippen LogP contribution in [0.15, 0.2) is 22.8 Å². The average Bonchev–Trinajstić information content (AvgIpc) is 2.76. The predicted molar refractivity (Wildman–Crippen MR) is 67.8 cm³/mol. The minimum Gasteiger partial charge on any atom is -0.457 e. The van der Waals surface area contributed by atoms with E-state index in [0.717, 1.165) is 24.0 Å². The van der Waals surface area contributed by atoms with Crippen LogP contribution in [0.3, 0.4) is 0 Å². The molecule has 1 heterocycles. The molecule has 4 atom stereocenters. The van der Waals surface area contributed by atoms with Crippen LogP contribution >= 0.6 is 0 Å². The van der Waals surface area contributed by atoms with E-state index in [1.165, 1.54) is 5.57 Å². The van der Waals surface area contributed by atoms with Crippen molar-refractivity contribution in [3.63, 3.8) is 0 Å². The molecule has 4 unspecified atom stereocenters. The number of fused-ring (bicyclic) bond motifs is 3. The molecule has 1 N–H and O–H groups in total. The van der Waals surface area contributed by atoms with E-state index in [9.17, 15) is 9.90 Å². The molecule has 2 fully saturated rings. The Bertz CT molecular complexity index is 470. The summed E-state index contributed by atoms with van der Waals surface area (Å²) < 4.78 is 5.59. The third kappa shape index (κ3) is 1.50. The van der Waals surface area contributed by atoms with Crippen molar-refractivity contribution < 1.29 is 14.6 Å². The van der Waals surface area contributed by atoms with E-state index in [1.54, 1.807) is 0 Å². The Kier molecular flexibility index (Phi) is 2.46. The summed E-state index contributed by atoms with van der Waals surface area (Å²) in [6.45, 7) is 5.90. The van der Waals surface area contributed by atoms with Crippen LogP contribution in [0.5, 0.6) is 0 Å². The van der Waals surface area contributed by atoms with Crippen molar-refractivity contribution in [2.75, 3.05) is 0 Å². The lowest BCUT2D eigenvalue weighted by atomic mass is 9.85. The van der Waals surface area contributed by atoms with Gasteiger partial charge in [0, 0.05) is 5.92 Å². The number of hydrogen-bond acceptors (Lipinski definition) is 3. The molecule has 1 aliphatic heterocycles. The van der Waals surface area contributed by atoms with Crippen molar-refractivity contribution in [3.05, 3.63) is 22.8 Å². The number of aliphatic hydroxyl groups is 1. The summed E-state index contributed by atoms with van der Waals surface area (Å²) in [5, 5.41) is 10.6. The van der Waals surface area contributed by atoms with Gasteiger partial charge in [-0.2, -0.15) is 0 Å². The van der Waals surface area contributed by atoms with Crippen LogP contribution in [0.2, 0.25) is 0 Å². The molecule has 0 bridgehead atoms. The van der Waals surface area contributed by atoms with Gasteiger partial charge in [-0.3, -0.25) is 4.79 Å². The highest BCUT2D eigenvalue weighted by molar-refractivity contribution is 5.76. The van der Waals surface area contributed by atoms with Crippen molar-refractivity contribution in [1.29, 1.82) is 0 Å². The van der Waals surface area contributed by atoms with Crippen molar-refractivity contribution in [2.45, 2.75) is 51.7 Å². The molecular weight excluding hydrogens is 228 g/mol. The van der Waals surface area contributed by atoms with Gasteiger partial charge in [-0.25, -0.2) is 0 Å². The SMILES string of the molecule is CC1=C2C(=CC1)C(C)(O)CCC1C(C)C(=O)OC21. The highest BCUT2D eigenvalue weighted by Gasteiger charge is 2.50. The summed E-state index contributed by atoms with van der Waals surface area (Å²) in [5.74, 6) is 0.0852. The summed E-state index contributed by atoms with van der Waals surface area (Å²) in [6.07, 6.45) is 4.39. The maximum absolute atomic E-state index is 11.8. The number of carbonyl (C=O) groups excluding carboxylic acids is 1. The minimum absolute atomic E-state index is 0.0500. The molecule has 18 heavy (non-hydrogen) atoms. The van der Waals surface area contributed by atoms with E-state index in [1.807, 2.05) is 13.8 Å². The van der Waals surface area contributed by atoms with Gasteiger partial charge in [-0.15, -0.1) is 0 Å². The maximum atomic E-state index is 11.8. The normalized spacial score (nSPS) is 43.2. The highest BCUT2D eigenvalue weighted by atomic mass is 16.6. The highest BCUT2D eigenvalue weighted by Crippen LogP contribution is 2.49. The van der Waals surface area contributed by atoms with E-state index < -0.39 is 5.60 Å². The smallest absolute Gasteiger partial charge is 0.309 e. The van der Waals surface area contributed by atoms with Gasteiger partial charge in [0.25, 0.3) is 0 Å². The van der Waals surface area contributed by atoms with Crippen molar-refractivity contribution in [1.82, 2.24) is 0 Å². The molecule has 0 aromatic carbocycles. The molecule has 0 radical (unpaired) electrons. The van der Waals surface area contributed by atoms with E-state index in [4.69, 9.17) is 4.74 Å². The zero-order valence-electron chi connectivity index (χ0n) is 11.2. The van der Waals surface area contributed by atoms with E-state index in [-0.39, 0.29) is 23.9 Å². The van der Waals surface area contributed by atoms with Crippen LogP contribution in [0, 0.1) is 11.8 Å². The van der Waals surface area contributed by atoms with Crippen molar-refractivity contribution >= 4 is 5.97 Å². The molecule has 2 aliphatic carbocycles. The molecule has 3 aliphatic rings. The van der Waals surface area contributed by atoms with Crippen molar-refractivity contribution in [2.24, 2.45) is 11.8 Å². The van der Waals surface area contributed by atoms with Crippen molar-refractivity contribution in [3.8, 4) is 0 Å². The van der Waals surface area contributed by atoms with Gasteiger partial charge in [0.1, 0.15) is 6.10 Å². The summed E-state index contributed by atoms with van der Waals surface area (Å²) in [6, 6.07) is 0. The Labute approximate surface area is 108 Å². The van der Waals surface area contributed by atoms with E-state index in [2.05, 4.69) is 13.0 Å². The van der Waals surface area contributed by atoms with Gasteiger partial charge in [0.05, 0.1) is 11.5 Å². The first-order valence-electron chi connectivity index (χ1n) is 6.75. The first-order valence-corrected chi connectivity index (χ1v) is 6.75. The summed E-state index contributed by atoms with van der Waals surface area (Å²) in [4.78, 5) is 11.8. The molecule has 0 aromatic heterocycles. The standard InChI is InChI=1S/C15H20O3/c1-8-4-5-11-12(8)13-10(6-7-15(11,3)17)9(2)14(16)18-13/h5,9-10,13,17H,4,6-7H2,1-3H3. The molecule has 1 saturated carbocycles. The van der Waals surface area contributed by atoms with Crippen LogP contribution in [0.4, 0.5) is 0 Å². The zero-order chi connectivity index (χ0) is 13.1. The summed E-state index contributed by atoms with van der Waals surface area (Å²) >= 11 is 0. The monoisotopic (exact) mass is 248 g/mol. The molecule has 98 valence electrons. The number of esters is 1. The largest absolute Gasteiger partial charge is 0.457 e. The van der Waals surface area contributed by atoms with E-state index in [0.29, 0.717) is 6.42 Å². The quantitative estimate of drug-likeness (QED) is 0.669. The van der Waals surface area contributed by atoms with Crippen LogP contribution in [0.25, 0.3) is 0 Å². The summed E-state index contributed by atoms with van der Waals surface area (Å²) in [5.41, 5.74) is 2.56. The van der Waals surface area contributed by atoms with Gasteiger partial charge in [-0.1, -0.05) is 18.6 Å². The average molecular weight is 248 g/mol. The topological polar surface area (TPSA) is 46.5 Å². The third-order valence-electron chi connectivity index (χ3n) is 4.84. The molecule has 0 spiro atoms. The van der Waals surface area contributed by atoms with Gasteiger partial charge in [0.2, 0.25) is 0 Å². The van der Waals surface area contributed by atoms with Gasteiger partial charge >= 0.3 is 5.97 Å². The fourth-order valence-corrected chi connectivity index (χ4v) is 3.62. The molecule has 0 amide bonds. The molecule has 1 saturated heterocycles. The number of ether oxygens (including phenoxy) is 1. The molecule has 3 heteroatoms. The maximum Gasteiger partial charge on any atom is 0.309 e. The Hall–Kier alpha value is -1.09. The Morgan fingerprint density at radius 1 is 1.50 bits per heavy atom. The van der Waals surface area contributed by atoms with Gasteiger partial charge in [0.15, 0.2) is 0 Å². The molecule has 3 nitrogen and oxygen atoms in total. The summed E-state index contributed by atoms with van der Waals surface area (Å²) in [7, 11) is 0. The van der Waals surface area contributed by atoms with Crippen LogP contribution in [0.1, 0.15) is 40.0 Å². The third-order valence-corrected chi connectivity index (χ3v) is 4.84. The lowest BCUT2D eigenvalue weighted by Gasteiger charge is -2.25. The van der Waals surface area contributed by atoms with Gasteiger partial charge in [-0.05, 0) is 44.3 Å². The lowest BCUT2D eigenvalue weighted by molar-refractivity contribution is -0.142. The first kappa shape index (κ1) is 12.0. The number of allylic oxidation sites excluding steroid dienone is 2. The Balaban J connectivity index is 2.08. The van der Waals surface area contributed by atoms with Crippen LogP contribution in [-0.4, -0.2) is 22.8 Å². The fourth-order valence-electron chi connectivity index (χ4n) is 3.62. The number of carbonyl (C=O) groups is 1. The predicted octanol–water partition coefficient (Wildman–Crippen LogP) is 2.36. The Morgan fingerprint density at radius 2 is 2.22 bits per heavy atom. The van der Waals surface area contributed by atoms with Crippen LogP contribution in [-0.2, 0) is 9.53 Å². The molecule has 3 rings (SSSR count). The number of hydrogen-bond donors (Lipinski definition) is 1. The fraction of sp³-hybridized carbons (Fsp3) is 0.667. The first-order chi connectivity index (χ1) is 8.42. The second kappa shape index (κ2) is 3.70. The van der Waals surface area contributed by atoms with E-state index >= 15 is 0 Å². The van der Waals surface area contributed by atoms with Gasteiger partial charge < -0.3 is 9.84 Å². The molecular formula is C15H20O3. The van der Waals surface area contributed by atoms with Crippen LogP contribution < -0.4 is 0 Å². The minimum atomic E-state index is -0.774.